The van der Waals surface area contributed by atoms with E-state index in [4.69, 9.17) is 0 Å². The molecule has 1 aliphatic heterocycles. The number of carboxylic acid groups (broad SMARTS) is 1. The van der Waals surface area contributed by atoms with Gasteiger partial charge in [-0.15, -0.1) is 0 Å². The van der Waals surface area contributed by atoms with Gasteiger partial charge in [0.2, 0.25) is 0 Å². The van der Waals surface area contributed by atoms with Gasteiger partial charge in [-0.2, -0.15) is 0 Å². The van der Waals surface area contributed by atoms with Crippen LogP contribution in [0, 0.1) is 22.1 Å². The SMILES string of the molecule is Cc1cc(I)ccc1Nc1c(C(=O)O)cc(C(=O)N2CCC(O)CC2)c(F)c1F. The summed E-state index contributed by atoms with van der Waals surface area (Å²) in [6.45, 7) is 2.12. The van der Waals surface area contributed by atoms with E-state index in [0.29, 0.717) is 18.5 Å². The summed E-state index contributed by atoms with van der Waals surface area (Å²) in [6, 6.07) is 6.05. The number of anilines is 2. The van der Waals surface area contributed by atoms with E-state index in [0.717, 1.165) is 15.2 Å². The smallest absolute Gasteiger partial charge is 0.337 e. The Labute approximate surface area is 179 Å². The Bertz CT molecular complexity index is 975. The molecule has 0 spiro atoms. The zero-order chi connectivity index (χ0) is 21.3. The number of aromatic carboxylic acids is 1. The first-order valence-corrected chi connectivity index (χ1v) is 10.0. The van der Waals surface area contributed by atoms with Crippen LogP contribution >= 0.6 is 22.6 Å². The van der Waals surface area contributed by atoms with Crippen molar-refractivity contribution in [2.75, 3.05) is 18.4 Å². The quantitative estimate of drug-likeness (QED) is 0.537. The molecule has 0 atom stereocenters. The van der Waals surface area contributed by atoms with Crippen LogP contribution in [0.3, 0.4) is 0 Å². The molecule has 29 heavy (non-hydrogen) atoms. The maximum Gasteiger partial charge on any atom is 0.337 e. The first-order valence-electron chi connectivity index (χ1n) is 8.94. The maximum absolute atomic E-state index is 14.9. The number of benzene rings is 2. The second-order valence-corrected chi connectivity index (χ2v) is 8.13. The van der Waals surface area contributed by atoms with Gasteiger partial charge in [0.25, 0.3) is 5.91 Å². The normalized spacial score (nSPS) is 14.7. The van der Waals surface area contributed by atoms with Crippen LogP contribution in [0.4, 0.5) is 20.2 Å². The summed E-state index contributed by atoms with van der Waals surface area (Å²) < 4.78 is 30.5. The highest BCUT2D eigenvalue weighted by Crippen LogP contribution is 2.31. The van der Waals surface area contributed by atoms with Crippen molar-refractivity contribution in [1.29, 1.82) is 0 Å². The lowest BCUT2D eigenvalue weighted by atomic mass is 10.0. The van der Waals surface area contributed by atoms with Gasteiger partial charge in [0, 0.05) is 22.3 Å². The number of carboxylic acids is 1. The number of amides is 1. The number of halogens is 3. The number of carbonyl (C=O) groups is 2. The van der Waals surface area contributed by atoms with Crippen molar-refractivity contribution in [1.82, 2.24) is 4.90 Å². The molecule has 0 saturated carbocycles. The lowest BCUT2D eigenvalue weighted by molar-refractivity contribution is 0.0542. The Morgan fingerprint density at radius 3 is 2.38 bits per heavy atom. The minimum Gasteiger partial charge on any atom is -0.478 e. The molecule has 0 bridgehead atoms. The molecule has 3 rings (SSSR count). The van der Waals surface area contributed by atoms with Gasteiger partial charge in [0.15, 0.2) is 11.6 Å². The highest BCUT2D eigenvalue weighted by atomic mass is 127. The second kappa shape index (κ2) is 8.62. The lowest BCUT2D eigenvalue weighted by Gasteiger charge is -2.30. The fourth-order valence-electron chi connectivity index (χ4n) is 3.21. The maximum atomic E-state index is 14.9. The third-order valence-corrected chi connectivity index (χ3v) is 5.54. The first kappa shape index (κ1) is 21.4. The number of nitrogens with one attached hydrogen (secondary N) is 1. The summed E-state index contributed by atoms with van der Waals surface area (Å²) in [6.07, 6.45) is 0.111. The third kappa shape index (κ3) is 4.50. The summed E-state index contributed by atoms with van der Waals surface area (Å²) in [5.41, 5.74) is -0.566. The molecule has 0 aromatic heterocycles. The van der Waals surface area contributed by atoms with Crippen molar-refractivity contribution in [2.24, 2.45) is 0 Å². The predicted molar refractivity (Wildman–Crippen MR) is 112 cm³/mol. The minimum atomic E-state index is -1.49. The van der Waals surface area contributed by atoms with E-state index >= 15 is 0 Å². The highest BCUT2D eigenvalue weighted by Gasteiger charge is 2.30. The molecule has 9 heteroatoms. The molecule has 1 fully saturated rings. The van der Waals surface area contributed by atoms with E-state index in [1.54, 1.807) is 25.1 Å². The van der Waals surface area contributed by atoms with E-state index in [9.17, 15) is 28.6 Å². The van der Waals surface area contributed by atoms with Crippen LogP contribution in [0.15, 0.2) is 24.3 Å². The molecule has 2 aromatic carbocycles. The van der Waals surface area contributed by atoms with Gasteiger partial charge in [0.05, 0.1) is 22.9 Å². The number of aliphatic hydroxyl groups is 1. The number of aryl methyl sites for hydroxylation is 1. The molecule has 3 N–H and O–H groups in total. The number of nitrogens with zero attached hydrogens (tertiary/aromatic N) is 1. The standard InChI is InChI=1S/C20H19F2IN2O4/c1-10-8-11(23)2-3-15(10)24-18-14(20(28)29)9-13(16(21)17(18)22)19(27)25-6-4-12(26)5-7-25/h2-3,8-9,12,24,26H,4-7H2,1H3,(H,28,29). The zero-order valence-electron chi connectivity index (χ0n) is 15.5. The molecule has 0 radical (unpaired) electrons. The van der Waals surface area contributed by atoms with Crippen LogP contribution in [0.2, 0.25) is 0 Å². The molecule has 1 saturated heterocycles. The monoisotopic (exact) mass is 516 g/mol. The van der Waals surface area contributed by atoms with Gasteiger partial charge in [-0.05, 0) is 72.2 Å². The van der Waals surface area contributed by atoms with Crippen LogP contribution in [-0.4, -0.2) is 46.2 Å². The van der Waals surface area contributed by atoms with E-state index in [1.807, 2.05) is 0 Å². The summed E-state index contributed by atoms with van der Waals surface area (Å²) >= 11 is 2.10. The fourth-order valence-corrected chi connectivity index (χ4v) is 3.86. The molecule has 2 aromatic rings. The molecular formula is C20H19F2IN2O4. The van der Waals surface area contributed by atoms with Gasteiger partial charge < -0.3 is 20.4 Å². The average Bonchev–Trinajstić information content (AvgIpc) is 2.67. The zero-order valence-corrected chi connectivity index (χ0v) is 17.7. The summed E-state index contributed by atoms with van der Waals surface area (Å²) in [4.78, 5) is 25.6. The number of rotatable bonds is 4. The highest BCUT2D eigenvalue weighted by molar-refractivity contribution is 14.1. The number of likely N-dealkylation sites (tertiary alicyclic amines) is 1. The van der Waals surface area contributed by atoms with E-state index < -0.39 is 46.4 Å². The van der Waals surface area contributed by atoms with Gasteiger partial charge in [-0.3, -0.25) is 4.79 Å². The van der Waals surface area contributed by atoms with Gasteiger partial charge in [-0.25, -0.2) is 13.6 Å². The Morgan fingerprint density at radius 1 is 1.14 bits per heavy atom. The summed E-state index contributed by atoms with van der Waals surface area (Å²) in [5, 5.41) is 21.7. The van der Waals surface area contributed by atoms with Crippen molar-refractivity contribution in [3.8, 4) is 0 Å². The van der Waals surface area contributed by atoms with Gasteiger partial charge in [0.1, 0.15) is 0 Å². The number of carbonyl (C=O) groups excluding carboxylic acids is 1. The molecule has 6 nitrogen and oxygen atoms in total. The second-order valence-electron chi connectivity index (χ2n) is 6.89. The van der Waals surface area contributed by atoms with Crippen LogP contribution < -0.4 is 5.32 Å². The number of aliphatic hydroxyl groups excluding tert-OH is 1. The molecule has 1 aliphatic rings. The van der Waals surface area contributed by atoms with E-state index in [2.05, 4.69) is 27.9 Å². The fraction of sp³-hybridized carbons (Fsp3) is 0.300. The minimum absolute atomic E-state index is 0.186. The van der Waals surface area contributed by atoms with Crippen molar-refractivity contribution in [3.05, 3.63) is 56.2 Å². The van der Waals surface area contributed by atoms with Crippen molar-refractivity contribution >= 4 is 45.8 Å². The molecular weight excluding hydrogens is 497 g/mol. The molecule has 0 unspecified atom stereocenters. The summed E-state index contributed by atoms with van der Waals surface area (Å²) in [7, 11) is 0. The van der Waals surface area contributed by atoms with Gasteiger partial charge in [-0.1, -0.05) is 0 Å². The Kier molecular flexibility index (Phi) is 6.37. The van der Waals surface area contributed by atoms with E-state index in [-0.39, 0.29) is 13.1 Å². The topological polar surface area (TPSA) is 89.9 Å². The molecule has 0 aliphatic carbocycles. The van der Waals surface area contributed by atoms with Gasteiger partial charge >= 0.3 is 5.97 Å². The van der Waals surface area contributed by atoms with Crippen molar-refractivity contribution in [2.45, 2.75) is 25.9 Å². The predicted octanol–water partition coefficient (Wildman–Crippen LogP) is 3.92. The Hall–Kier alpha value is -2.27. The van der Waals surface area contributed by atoms with Crippen molar-refractivity contribution < 1.29 is 28.6 Å². The van der Waals surface area contributed by atoms with Crippen LogP contribution in [0.1, 0.15) is 39.1 Å². The van der Waals surface area contributed by atoms with E-state index in [1.165, 1.54) is 4.90 Å². The lowest BCUT2D eigenvalue weighted by Crippen LogP contribution is -2.40. The number of hydrogen-bond acceptors (Lipinski definition) is 4. The van der Waals surface area contributed by atoms with Crippen LogP contribution in [0.25, 0.3) is 0 Å². The van der Waals surface area contributed by atoms with Crippen LogP contribution in [-0.2, 0) is 0 Å². The Balaban J connectivity index is 2.02. The molecule has 1 amide bonds. The van der Waals surface area contributed by atoms with Crippen molar-refractivity contribution in [3.63, 3.8) is 0 Å². The Morgan fingerprint density at radius 2 is 1.79 bits per heavy atom. The summed E-state index contributed by atoms with van der Waals surface area (Å²) in [5.74, 6) is -5.12. The first-order chi connectivity index (χ1) is 13.7. The molecule has 1 heterocycles. The number of piperidine rings is 1. The average molecular weight is 516 g/mol. The molecule has 154 valence electrons. The number of hydrogen-bond donors (Lipinski definition) is 3. The third-order valence-electron chi connectivity index (χ3n) is 4.87. The largest absolute Gasteiger partial charge is 0.478 e. The van der Waals surface area contributed by atoms with Crippen LogP contribution in [0.5, 0.6) is 0 Å².